The van der Waals surface area contributed by atoms with Gasteiger partial charge in [-0.05, 0) is 37.3 Å². The molecule has 1 aromatic heterocycles. The first-order valence-corrected chi connectivity index (χ1v) is 8.69. The van der Waals surface area contributed by atoms with Gasteiger partial charge in [0.1, 0.15) is 0 Å². The van der Waals surface area contributed by atoms with Crippen molar-refractivity contribution in [3.63, 3.8) is 0 Å². The van der Waals surface area contributed by atoms with Gasteiger partial charge in [0.2, 0.25) is 0 Å². The number of unbranched alkanes of at least 4 members (excludes halogenated alkanes) is 2. The number of carboxylic acids is 1. The van der Waals surface area contributed by atoms with Crippen LogP contribution in [0.15, 0.2) is 30.5 Å². The first kappa shape index (κ1) is 16.1. The smallest absolute Gasteiger partial charge is 0.303 e. The summed E-state index contributed by atoms with van der Waals surface area (Å²) in [6.07, 6.45) is 7.61. The first-order chi connectivity index (χ1) is 10.2. The molecule has 4 heteroatoms. The standard InChI is InChI=1S/C17H22BrNO2/c18-11-4-1-5-12-19-13-14(7-6-10-17(20)21)15-8-2-3-9-16(15)19/h2-3,8-9,13H,1,4-7,10-12H2,(H,20,21). The van der Waals surface area contributed by atoms with Gasteiger partial charge in [0.15, 0.2) is 0 Å². The van der Waals surface area contributed by atoms with Crippen molar-refractivity contribution >= 4 is 32.8 Å². The number of para-hydroxylation sites is 1. The van der Waals surface area contributed by atoms with Crippen LogP contribution in [0.4, 0.5) is 0 Å². The van der Waals surface area contributed by atoms with E-state index in [1.54, 1.807) is 0 Å². The van der Waals surface area contributed by atoms with Crippen LogP contribution in [0.3, 0.4) is 0 Å². The topological polar surface area (TPSA) is 42.2 Å². The molecule has 0 saturated heterocycles. The van der Waals surface area contributed by atoms with Crippen molar-refractivity contribution < 1.29 is 9.90 Å². The summed E-state index contributed by atoms with van der Waals surface area (Å²) >= 11 is 3.47. The monoisotopic (exact) mass is 351 g/mol. The Morgan fingerprint density at radius 2 is 1.95 bits per heavy atom. The fourth-order valence-electron chi connectivity index (χ4n) is 2.69. The number of aliphatic carboxylic acids is 1. The molecule has 0 unspecified atom stereocenters. The highest BCUT2D eigenvalue weighted by molar-refractivity contribution is 9.09. The van der Waals surface area contributed by atoms with Crippen LogP contribution in [-0.4, -0.2) is 21.0 Å². The molecular formula is C17H22BrNO2. The number of halogens is 1. The summed E-state index contributed by atoms with van der Waals surface area (Å²) in [5.41, 5.74) is 2.54. The van der Waals surface area contributed by atoms with Crippen LogP contribution < -0.4 is 0 Å². The molecule has 114 valence electrons. The van der Waals surface area contributed by atoms with E-state index in [4.69, 9.17) is 5.11 Å². The molecule has 0 radical (unpaired) electrons. The molecule has 2 aromatic rings. The second kappa shape index (κ2) is 8.23. The second-order valence-corrected chi connectivity index (χ2v) is 6.15. The summed E-state index contributed by atoms with van der Waals surface area (Å²) in [6, 6.07) is 8.41. The Morgan fingerprint density at radius 3 is 2.71 bits per heavy atom. The van der Waals surface area contributed by atoms with Crippen LogP contribution in [0, 0.1) is 0 Å². The van der Waals surface area contributed by atoms with E-state index < -0.39 is 5.97 Å². The number of fused-ring (bicyclic) bond motifs is 1. The summed E-state index contributed by atoms with van der Waals surface area (Å²) in [7, 11) is 0. The highest BCUT2D eigenvalue weighted by Gasteiger charge is 2.08. The number of aryl methyl sites for hydroxylation is 2. The van der Waals surface area contributed by atoms with Crippen molar-refractivity contribution in [1.82, 2.24) is 4.57 Å². The Bertz CT molecular complexity index is 591. The van der Waals surface area contributed by atoms with Crippen LogP contribution in [0.5, 0.6) is 0 Å². The summed E-state index contributed by atoms with van der Waals surface area (Å²) in [5.74, 6) is -0.714. The Labute approximate surface area is 134 Å². The zero-order chi connectivity index (χ0) is 15.1. The average molecular weight is 352 g/mol. The van der Waals surface area contributed by atoms with E-state index in [0.29, 0.717) is 6.42 Å². The molecular weight excluding hydrogens is 330 g/mol. The Morgan fingerprint density at radius 1 is 1.14 bits per heavy atom. The van der Waals surface area contributed by atoms with Crippen molar-refractivity contribution in [2.45, 2.75) is 45.1 Å². The average Bonchev–Trinajstić information content (AvgIpc) is 2.82. The van der Waals surface area contributed by atoms with E-state index in [9.17, 15) is 4.79 Å². The van der Waals surface area contributed by atoms with E-state index in [2.05, 4.69) is 51.0 Å². The van der Waals surface area contributed by atoms with E-state index in [0.717, 1.165) is 18.3 Å². The van der Waals surface area contributed by atoms with E-state index in [-0.39, 0.29) is 6.42 Å². The Balaban J connectivity index is 2.08. The van der Waals surface area contributed by atoms with Gasteiger partial charge in [0, 0.05) is 35.4 Å². The summed E-state index contributed by atoms with van der Waals surface area (Å²) < 4.78 is 2.32. The van der Waals surface area contributed by atoms with Gasteiger partial charge in [0.25, 0.3) is 0 Å². The first-order valence-electron chi connectivity index (χ1n) is 7.57. The van der Waals surface area contributed by atoms with Crippen molar-refractivity contribution in [2.75, 3.05) is 5.33 Å². The molecule has 3 nitrogen and oxygen atoms in total. The van der Waals surface area contributed by atoms with Crippen LogP contribution in [-0.2, 0) is 17.8 Å². The molecule has 0 saturated carbocycles. The lowest BCUT2D eigenvalue weighted by Gasteiger charge is -2.04. The maximum atomic E-state index is 10.7. The third-order valence-corrected chi connectivity index (χ3v) is 4.30. The van der Waals surface area contributed by atoms with Crippen LogP contribution in [0.1, 0.15) is 37.7 Å². The normalized spacial score (nSPS) is 11.1. The number of alkyl halides is 1. The predicted octanol–water partition coefficient (Wildman–Crippen LogP) is 4.61. The fourth-order valence-corrected chi connectivity index (χ4v) is 3.09. The molecule has 0 aliphatic carbocycles. The minimum atomic E-state index is -0.714. The van der Waals surface area contributed by atoms with E-state index in [1.165, 1.54) is 35.7 Å². The molecule has 1 N–H and O–H groups in total. The molecule has 1 heterocycles. The van der Waals surface area contributed by atoms with Crippen molar-refractivity contribution in [3.05, 3.63) is 36.0 Å². The van der Waals surface area contributed by atoms with E-state index >= 15 is 0 Å². The molecule has 0 amide bonds. The van der Waals surface area contributed by atoms with E-state index in [1.807, 2.05) is 0 Å². The number of hydrogen-bond acceptors (Lipinski definition) is 1. The number of nitrogens with zero attached hydrogens (tertiary/aromatic N) is 1. The highest BCUT2D eigenvalue weighted by Crippen LogP contribution is 2.23. The summed E-state index contributed by atoms with van der Waals surface area (Å²) in [5, 5.41) is 11.1. The minimum Gasteiger partial charge on any atom is -0.481 e. The van der Waals surface area contributed by atoms with Gasteiger partial charge in [-0.3, -0.25) is 4.79 Å². The molecule has 1 aromatic carbocycles. The lowest BCUT2D eigenvalue weighted by Crippen LogP contribution is -1.97. The molecule has 2 rings (SSSR count). The molecule has 0 atom stereocenters. The predicted molar refractivity (Wildman–Crippen MR) is 90.2 cm³/mol. The maximum Gasteiger partial charge on any atom is 0.303 e. The van der Waals surface area contributed by atoms with Gasteiger partial charge in [-0.25, -0.2) is 0 Å². The molecule has 0 aliphatic rings. The quantitative estimate of drug-likeness (QED) is 0.529. The maximum absolute atomic E-state index is 10.7. The lowest BCUT2D eigenvalue weighted by molar-refractivity contribution is -0.137. The van der Waals surface area contributed by atoms with Gasteiger partial charge in [-0.2, -0.15) is 0 Å². The number of carbonyl (C=O) groups is 1. The largest absolute Gasteiger partial charge is 0.481 e. The van der Waals surface area contributed by atoms with Gasteiger partial charge in [-0.1, -0.05) is 40.5 Å². The second-order valence-electron chi connectivity index (χ2n) is 5.36. The van der Waals surface area contributed by atoms with Gasteiger partial charge >= 0.3 is 5.97 Å². The number of aromatic nitrogens is 1. The van der Waals surface area contributed by atoms with Crippen molar-refractivity contribution in [3.8, 4) is 0 Å². The van der Waals surface area contributed by atoms with Crippen LogP contribution in [0.25, 0.3) is 10.9 Å². The molecule has 0 aliphatic heterocycles. The number of carboxylic acid groups (broad SMARTS) is 1. The third-order valence-electron chi connectivity index (χ3n) is 3.74. The molecule has 0 bridgehead atoms. The number of benzene rings is 1. The van der Waals surface area contributed by atoms with Crippen molar-refractivity contribution in [2.24, 2.45) is 0 Å². The molecule has 21 heavy (non-hydrogen) atoms. The summed E-state index contributed by atoms with van der Waals surface area (Å²) in [6.45, 7) is 1.03. The third kappa shape index (κ3) is 4.60. The van der Waals surface area contributed by atoms with Crippen LogP contribution >= 0.6 is 15.9 Å². The van der Waals surface area contributed by atoms with Gasteiger partial charge in [0.05, 0.1) is 0 Å². The van der Waals surface area contributed by atoms with Crippen LogP contribution in [0.2, 0.25) is 0 Å². The number of rotatable bonds is 9. The number of hydrogen-bond donors (Lipinski definition) is 1. The molecule has 0 fully saturated rings. The van der Waals surface area contributed by atoms with Gasteiger partial charge in [-0.15, -0.1) is 0 Å². The molecule has 0 spiro atoms. The Kier molecular flexibility index (Phi) is 6.30. The Hall–Kier alpha value is -1.29. The summed E-state index contributed by atoms with van der Waals surface area (Å²) in [4.78, 5) is 10.7. The minimum absolute atomic E-state index is 0.241. The SMILES string of the molecule is O=C(O)CCCc1cn(CCCCCBr)c2ccccc12. The zero-order valence-corrected chi connectivity index (χ0v) is 13.8. The zero-order valence-electron chi connectivity index (χ0n) is 12.2. The fraction of sp³-hybridized carbons (Fsp3) is 0.471. The lowest BCUT2D eigenvalue weighted by atomic mass is 10.1. The highest BCUT2D eigenvalue weighted by atomic mass is 79.9. The van der Waals surface area contributed by atoms with Crippen molar-refractivity contribution in [1.29, 1.82) is 0 Å². The van der Waals surface area contributed by atoms with Gasteiger partial charge < -0.3 is 9.67 Å².